The Hall–Kier alpha value is -3.55. The van der Waals surface area contributed by atoms with Crippen LogP contribution >= 0.6 is 0 Å². The summed E-state index contributed by atoms with van der Waals surface area (Å²) in [6.07, 6.45) is 0. The Balaban J connectivity index is 2.35. The summed E-state index contributed by atoms with van der Waals surface area (Å²) in [7, 11) is 1.35. The molecule has 3 rings (SSSR count). The van der Waals surface area contributed by atoms with Gasteiger partial charge < -0.3 is 34.7 Å². The lowest BCUT2D eigenvalue weighted by molar-refractivity contribution is 0.347. The molecule has 0 unspecified atom stereocenters. The van der Waals surface area contributed by atoms with Crippen molar-refractivity contribution in [3.8, 4) is 45.8 Å². The van der Waals surface area contributed by atoms with Gasteiger partial charge in [0.15, 0.2) is 28.3 Å². The molecule has 0 aliphatic carbocycles. The average Bonchev–Trinajstić information content (AvgIpc) is 2.57. The van der Waals surface area contributed by atoms with Crippen LogP contribution in [0.3, 0.4) is 0 Å². The van der Waals surface area contributed by atoms with Crippen molar-refractivity contribution in [1.82, 2.24) is 0 Å². The molecule has 0 bridgehead atoms. The lowest BCUT2D eigenvalue weighted by Gasteiger charge is -2.10. The lowest BCUT2D eigenvalue weighted by Crippen LogP contribution is -2.01. The number of phenols is 5. The van der Waals surface area contributed by atoms with Crippen LogP contribution in [0, 0.1) is 0 Å². The zero-order valence-electron chi connectivity index (χ0n) is 12.3. The number of ether oxygens (including phenoxy) is 1. The smallest absolute Gasteiger partial charge is 0.208 e. The fourth-order valence-electron chi connectivity index (χ4n) is 2.31. The van der Waals surface area contributed by atoms with E-state index in [1.54, 1.807) is 0 Å². The first kappa shape index (κ1) is 15.3. The SMILES string of the molecule is COc1cc(-c2cc(=O)c3c(O)c(O)c(O)c(O)c3o2)ccc1O. The molecule has 0 radical (unpaired) electrons. The molecule has 5 N–H and O–H groups in total. The van der Waals surface area contributed by atoms with Gasteiger partial charge in [0.2, 0.25) is 17.2 Å². The van der Waals surface area contributed by atoms with Gasteiger partial charge in [-0.2, -0.15) is 0 Å². The molecule has 8 heteroatoms. The maximum atomic E-state index is 12.2. The molecule has 3 aromatic rings. The number of aromatic hydroxyl groups is 5. The second-order valence-corrected chi connectivity index (χ2v) is 4.96. The number of methoxy groups -OCH3 is 1. The van der Waals surface area contributed by atoms with Crippen molar-refractivity contribution >= 4 is 11.0 Å². The molecule has 24 heavy (non-hydrogen) atoms. The highest BCUT2D eigenvalue weighted by molar-refractivity contribution is 5.94. The summed E-state index contributed by atoms with van der Waals surface area (Å²) in [5.41, 5.74) is -0.895. The fraction of sp³-hybridized carbons (Fsp3) is 0.0625. The minimum Gasteiger partial charge on any atom is -0.504 e. The first-order chi connectivity index (χ1) is 11.3. The Bertz CT molecular complexity index is 1020. The molecule has 0 aliphatic heterocycles. The molecule has 8 nitrogen and oxygen atoms in total. The zero-order chi connectivity index (χ0) is 17.6. The summed E-state index contributed by atoms with van der Waals surface area (Å²) in [6.45, 7) is 0. The number of hydrogen-bond donors (Lipinski definition) is 5. The molecule has 2 aromatic carbocycles. The Morgan fingerprint density at radius 3 is 2.25 bits per heavy atom. The third-order valence-corrected chi connectivity index (χ3v) is 3.54. The Morgan fingerprint density at radius 1 is 0.917 bits per heavy atom. The zero-order valence-corrected chi connectivity index (χ0v) is 12.3. The molecule has 0 fully saturated rings. The molecule has 0 spiro atoms. The maximum absolute atomic E-state index is 12.2. The van der Waals surface area contributed by atoms with E-state index in [-0.39, 0.29) is 17.3 Å². The van der Waals surface area contributed by atoms with Crippen LogP contribution in [0.2, 0.25) is 0 Å². The summed E-state index contributed by atoms with van der Waals surface area (Å²) in [5, 5.41) is 47.9. The van der Waals surface area contributed by atoms with Gasteiger partial charge in [0.1, 0.15) is 11.1 Å². The standard InChI is InChI=1S/C16H12O8/c1-23-10-4-6(2-3-7(10)17)9-5-8(18)11-12(19)13(20)14(21)15(22)16(11)24-9/h2-5,17,19-22H,1H3. The van der Waals surface area contributed by atoms with Crippen molar-refractivity contribution in [1.29, 1.82) is 0 Å². The first-order valence-electron chi connectivity index (χ1n) is 6.66. The van der Waals surface area contributed by atoms with E-state index in [4.69, 9.17) is 9.15 Å². The molecule has 0 amide bonds. The van der Waals surface area contributed by atoms with Crippen LogP contribution in [0.15, 0.2) is 33.5 Å². The first-order valence-corrected chi connectivity index (χ1v) is 6.66. The number of phenolic OH excluding ortho intramolecular Hbond substituents is 5. The van der Waals surface area contributed by atoms with E-state index in [1.165, 1.54) is 25.3 Å². The number of hydrogen-bond acceptors (Lipinski definition) is 8. The van der Waals surface area contributed by atoms with Gasteiger partial charge in [-0.3, -0.25) is 4.79 Å². The summed E-state index contributed by atoms with van der Waals surface area (Å²) in [6, 6.07) is 5.20. The van der Waals surface area contributed by atoms with Crippen molar-refractivity contribution in [3.05, 3.63) is 34.5 Å². The molecular weight excluding hydrogens is 320 g/mol. The Labute approximate surface area is 134 Å². The second kappa shape index (κ2) is 5.27. The second-order valence-electron chi connectivity index (χ2n) is 4.96. The van der Waals surface area contributed by atoms with Gasteiger partial charge in [-0.25, -0.2) is 0 Å². The van der Waals surface area contributed by atoms with E-state index in [1.807, 2.05) is 0 Å². The van der Waals surface area contributed by atoms with Gasteiger partial charge in [0.05, 0.1) is 7.11 Å². The van der Waals surface area contributed by atoms with Crippen LogP contribution in [0.4, 0.5) is 0 Å². The predicted molar refractivity (Wildman–Crippen MR) is 82.8 cm³/mol. The van der Waals surface area contributed by atoms with Crippen molar-refractivity contribution in [2.45, 2.75) is 0 Å². The Kier molecular flexibility index (Phi) is 3.37. The van der Waals surface area contributed by atoms with E-state index < -0.39 is 39.4 Å². The topological polar surface area (TPSA) is 141 Å². The fourth-order valence-corrected chi connectivity index (χ4v) is 2.31. The number of benzene rings is 2. The largest absolute Gasteiger partial charge is 0.504 e. The van der Waals surface area contributed by atoms with Crippen LogP contribution in [0.25, 0.3) is 22.3 Å². The van der Waals surface area contributed by atoms with E-state index in [0.717, 1.165) is 6.07 Å². The van der Waals surface area contributed by atoms with Gasteiger partial charge in [-0.05, 0) is 18.2 Å². The van der Waals surface area contributed by atoms with Crippen molar-refractivity contribution in [3.63, 3.8) is 0 Å². The number of fused-ring (bicyclic) bond motifs is 1. The minimum atomic E-state index is -1.02. The van der Waals surface area contributed by atoms with E-state index in [2.05, 4.69) is 0 Å². The highest BCUT2D eigenvalue weighted by atomic mass is 16.5. The maximum Gasteiger partial charge on any atom is 0.208 e. The van der Waals surface area contributed by atoms with E-state index in [9.17, 15) is 30.3 Å². The minimum absolute atomic E-state index is 0.00871. The summed E-state index contributed by atoms with van der Waals surface area (Å²) < 4.78 is 10.4. The quantitative estimate of drug-likeness (QED) is 0.354. The van der Waals surface area contributed by atoms with E-state index in [0.29, 0.717) is 5.56 Å². The molecule has 0 atom stereocenters. The third kappa shape index (κ3) is 2.12. The predicted octanol–water partition coefficient (Wildman–Crippen LogP) is 2.00. The van der Waals surface area contributed by atoms with Gasteiger partial charge in [-0.15, -0.1) is 0 Å². The Morgan fingerprint density at radius 2 is 1.58 bits per heavy atom. The molecular formula is C16H12O8. The van der Waals surface area contributed by atoms with Gasteiger partial charge in [0, 0.05) is 11.6 Å². The molecule has 1 heterocycles. The van der Waals surface area contributed by atoms with Crippen LogP contribution in [-0.4, -0.2) is 32.6 Å². The highest BCUT2D eigenvalue weighted by Crippen LogP contribution is 2.48. The lowest BCUT2D eigenvalue weighted by atomic mass is 10.1. The van der Waals surface area contributed by atoms with Gasteiger partial charge in [-0.1, -0.05) is 0 Å². The molecule has 0 saturated heterocycles. The number of rotatable bonds is 2. The van der Waals surface area contributed by atoms with Crippen molar-refractivity contribution < 1.29 is 34.7 Å². The summed E-state index contributed by atoms with van der Waals surface area (Å²) in [5.74, 6) is -3.81. The van der Waals surface area contributed by atoms with E-state index >= 15 is 0 Å². The molecule has 0 aliphatic rings. The van der Waals surface area contributed by atoms with Crippen LogP contribution in [-0.2, 0) is 0 Å². The van der Waals surface area contributed by atoms with Crippen LogP contribution < -0.4 is 10.2 Å². The van der Waals surface area contributed by atoms with Crippen LogP contribution in [0.1, 0.15) is 0 Å². The average molecular weight is 332 g/mol. The van der Waals surface area contributed by atoms with Crippen LogP contribution in [0.5, 0.6) is 34.5 Å². The van der Waals surface area contributed by atoms with Gasteiger partial charge in [0.25, 0.3) is 0 Å². The van der Waals surface area contributed by atoms with Crippen molar-refractivity contribution in [2.75, 3.05) is 7.11 Å². The molecule has 124 valence electrons. The monoisotopic (exact) mass is 332 g/mol. The molecule has 0 saturated carbocycles. The normalized spacial score (nSPS) is 10.9. The third-order valence-electron chi connectivity index (χ3n) is 3.54. The highest BCUT2D eigenvalue weighted by Gasteiger charge is 2.23. The van der Waals surface area contributed by atoms with Crippen molar-refractivity contribution in [2.24, 2.45) is 0 Å². The molecule has 1 aromatic heterocycles. The van der Waals surface area contributed by atoms with Gasteiger partial charge >= 0.3 is 0 Å². The summed E-state index contributed by atoms with van der Waals surface area (Å²) in [4.78, 5) is 12.2. The summed E-state index contributed by atoms with van der Waals surface area (Å²) >= 11 is 0.